The Balaban J connectivity index is 1.74. The summed E-state index contributed by atoms with van der Waals surface area (Å²) in [6, 6.07) is 11.1. The molecule has 0 radical (unpaired) electrons. The van der Waals surface area contributed by atoms with Crippen molar-refractivity contribution >= 4 is 69.6 Å². The zero-order valence-electron chi connectivity index (χ0n) is 16.8. The third-order valence-corrected chi connectivity index (χ3v) is 6.89. The fourth-order valence-corrected chi connectivity index (χ4v) is 4.98. The Hall–Kier alpha value is -3.26. The molecular formula is C21H13F2IN6O2S. The van der Waals surface area contributed by atoms with E-state index in [0.717, 1.165) is 23.0 Å². The molecule has 1 N–H and O–H groups in total. The molecule has 0 bridgehead atoms. The van der Waals surface area contributed by atoms with Crippen molar-refractivity contribution in [3.8, 4) is 11.3 Å². The number of nitrogens with zero attached hydrogens (tertiary/aromatic N) is 5. The average Bonchev–Trinajstić information content (AvgIpc) is 3.31. The van der Waals surface area contributed by atoms with Crippen molar-refractivity contribution < 1.29 is 13.7 Å². The maximum atomic E-state index is 15.0. The fraction of sp³-hybridized carbons (Fsp3) is 0.0476. The highest BCUT2D eigenvalue weighted by atomic mass is 127. The molecule has 0 amide bonds. The first-order valence-corrected chi connectivity index (χ1v) is 12.8. The number of para-hydroxylation sites is 1. The first-order valence-electron chi connectivity index (χ1n) is 9.50. The molecule has 33 heavy (non-hydrogen) atoms. The van der Waals surface area contributed by atoms with Crippen molar-refractivity contribution in [1.29, 1.82) is 0 Å². The number of nitrogens with one attached hydrogen (secondary N) is 1. The Kier molecular flexibility index (Phi) is 5.40. The van der Waals surface area contributed by atoms with E-state index in [2.05, 4.69) is 15.3 Å². The maximum absolute atomic E-state index is 15.0. The number of fused-ring (bicyclic) bond motifs is 2. The van der Waals surface area contributed by atoms with E-state index >= 15 is 4.39 Å². The van der Waals surface area contributed by atoms with E-state index in [9.17, 15) is 14.5 Å². The zero-order chi connectivity index (χ0) is 23.3. The van der Waals surface area contributed by atoms with Crippen molar-refractivity contribution in [1.82, 2.24) is 18.5 Å². The van der Waals surface area contributed by atoms with Crippen LogP contribution in [0.25, 0.3) is 33.2 Å². The van der Waals surface area contributed by atoms with Crippen LogP contribution in [-0.2, 0) is 7.05 Å². The normalized spacial score (nSPS) is 11.4. The summed E-state index contributed by atoms with van der Waals surface area (Å²) in [4.78, 5) is 19.3. The van der Waals surface area contributed by atoms with Gasteiger partial charge in [0.2, 0.25) is 11.8 Å². The molecule has 0 saturated heterocycles. The van der Waals surface area contributed by atoms with Crippen LogP contribution < -0.4 is 5.32 Å². The summed E-state index contributed by atoms with van der Waals surface area (Å²) >= 11 is 2.02. The lowest BCUT2D eigenvalue weighted by molar-refractivity contribution is -0.387. The van der Waals surface area contributed by atoms with Gasteiger partial charge in [0, 0.05) is 71.8 Å². The summed E-state index contributed by atoms with van der Waals surface area (Å²) in [5.74, 6) is -1.33. The molecule has 5 rings (SSSR count). The lowest BCUT2D eigenvalue weighted by Crippen LogP contribution is -2.02. The molecule has 5 aromatic rings. The number of aryl methyl sites for hydroxylation is 1. The molecule has 0 aliphatic heterocycles. The van der Waals surface area contributed by atoms with Gasteiger partial charge < -0.3 is 9.88 Å². The van der Waals surface area contributed by atoms with E-state index in [1.807, 2.05) is 63.3 Å². The Morgan fingerprint density at radius 2 is 1.91 bits per heavy atom. The smallest absolute Gasteiger partial charge is 0.306 e. The highest BCUT2D eigenvalue weighted by molar-refractivity contribution is 14.2. The molecule has 0 aliphatic rings. The number of hydrogen-bond acceptors (Lipinski definition) is 6. The predicted molar refractivity (Wildman–Crippen MR) is 133 cm³/mol. The van der Waals surface area contributed by atoms with E-state index in [1.54, 1.807) is 3.97 Å². The van der Waals surface area contributed by atoms with Gasteiger partial charge in [0.1, 0.15) is 0 Å². The SMILES string of the molecule is Cn1cc(-c2nc(Nc3ccc(F)c([N+](=O)[O-])c3)nc3c2c(F)cn3SI)c2ccccc21. The number of benzene rings is 2. The molecule has 3 aromatic heterocycles. The van der Waals surface area contributed by atoms with Crippen LogP contribution in [0, 0.1) is 21.7 Å². The largest absolute Gasteiger partial charge is 0.350 e. The van der Waals surface area contributed by atoms with E-state index in [4.69, 9.17) is 0 Å². The molecule has 0 fully saturated rings. The van der Waals surface area contributed by atoms with Gasteiger partial charge in [-0.25, -0.2) is 9.37 Å². The minimum Gasteiger partial charge on any atom is -0.350 e. The monoisotopic (exact) mass is 578 g/mol. The van der Waals surface area contributed by atoms with Crippen LogP contribution >= 0.6 is 30.3 Å². The lowest BCUT2D eigenvalue weighted by atomic mass is 10.1. The zero-order valence-corrected chi connectivity index (χ0v) is 19.8. The third-order valence-electron chi connectivity index (χ3n) is 5.19. The molecular weight excluding hydrogens is 565 g/mol. The third kappa shape index (κ3) is 3.68. The number of anilines is 2. The molecule has 8 nitrogen and oxygen atoms in total. The van der Waals surface area contributed by atoms with Crippen molar-refractivity contribution in [3.63, 3.8) is 0 Å². The van der Waals surface area contributed by atoms with Gasteiger partial charge in [-0.15, -0.1) is 0 Å². The van der Waals surface area contributed by atoms with Crippen LogP contribution in [0.4, 0.5) is 26.1 Å². The minimum atomic E-state index is -0.948. The summed E-state index contributed by atoms with van der Waals surface area (Å²) in [6.07, 6.45) is 3.20. The highest BCUT2D eigenvalue weighted by Gasteiger charge is 2.22. The van der Waals surface area contributed by atoms with Crippen molar-refractivity contribution in [2.75, 3.05) is 5.32 Å². The molecule has 0 saturated carbocycles. The maximum Gasteiger partial charge on any atom is 0.306 e. The second kappa shape index (κ2) is 8.26. The molecule has 166 valence electrons. The highest BCUT2D eigenvalue weighted by Crippen LogP contribution is 2.38. The van der Waals surface area contributed by atoms with Gasteiger partial charge >= 0.3 is 5.69 Å². The van der Waals surface area contributed by atoms with Crippen molar-refractivity contribution in [2.45, 2.75) is 0 Å². The van der Waals surface area contributed by atoms with Gasteiger partial charge in [0.15, 0.2) is 11.5 Å². The number of nitro groups is 1. The first-order chi connectivity index (χ1) is 15.9. The second-order valence-corrected chi connectivity index (χ2v) is 8.90. The average molecular weight is 578 g/mol. The number of hydrogen-bond donors (Lipinski definition) is 1. The molecule has 0 unspecified atom stereocenters. The van der Waals surface area contributed by atoms with Crippen LogP contribution in [0.5, 0.6) is 0 Å². The summed E-state index contributed by atoms with van der Waals surface area (Å²) in [5, 5.41) is 15.1. The first kappa shape index (κ1) is 21.6. The lowest BCUT2D eigenvalue weighted by Gasteiger charge is -2.09. The van der Waals surface area contributed by atoms with Crippen LogP contribution in [-0.4, -0.2) is 23.4 Å². The van der Waals surface area contributed by atoms with Crippen LogP contribution in [0.15, 0.2) is 54.9 Å². The van der Waals surface area contributed by atoms with Crippen LogP contribution in [0.2, 0.25) is 0 Å². The van der Waals surface area contributed by atoms with Gasteiger partial charge in [-0.2, -0.15) is 9.37 Å². The van der Waals surface area contributed by atoms with Gasteiger partial charge in [0.25, 0.3) is 0 Å². The molecule has 3 heterocycles. The predicted octanol–water partition coefficient (Wildman–Crippen LogP) is 6.37. The number of halogens is 3. The summed E-state index contributed by atoms with van der Waals surface area (Å²) in [5.41, 5.74) is 1.93. The molecule has 0 aliphatic carbocycles. The standard InChI is InChI=1S/C21H13F2IN6O2S/c1-28-9-13(12-4-2-3-5-16(12)28)19-18-15(23)10-29(33-24)20(18)27-21(26-19)25-11-6-7-14(22)17(8-11)30(31)32/h2-10H,1H3,(H,25,26,27). The van der Waals surface area contributed by atoms with Gasteiger partial charge in [-0.1, -0.05) is 18.2 Å². The van der Waals surface area contributed by atoms with Crippen molar-refractivity contribution in [3.05, 3.63) is 76.6 Å². The number of aromatic nitrogens is 4. The Bertz CT molecular complexity index is 1570. The van der Waals surface area contributed by atoms with Gasteiger partial charge in [-0.3, -0.25) is 14.1 Å². The van der Waals surface area contributed by atoms with Crippen LogP contribution in [0.1, 0.15) is 0 Å². The van der Waals surface area contributed by atoms with Gasteiger partial charge in [0.05, 0.1) is 22.2 Å². The molecule has 0 atom stereocenters. The molecule has 0 spiro atoms. The van der Waals surface area contributed by atoms with Crippen molar-refractivity contribution in [2.24, 2.45) is 7.05 Å². The summed E-state index contributed by atoms with van der Waals surface area (Å²) in [6.45, 7) is 0. The topological polar surface area (TPSA) is 90.8 Å². The minimum absolute atomic E-state index is 0.0936. The summed E-state index contributed by atoms with van der Waals surface area (Å²) in [7, 11) is 3.13. The Morgan fingerprint density at radius 3 is 2.67 bits per heavy atom. The van der Waals surface area contributed by atoms with E-state index in [1.165, 1.54) is 21.4 Å². The van der Waals surface area contributed by atoms with Crippen LogP contribution in [0.3, 0.4) is 0 Å². The molecule has 12 heteroatoms. The summed E-state index contributed by atoms with van der Waals surface area (Å²) < 4.78 is 32.3. The number of nitro benzene ring substituents is 1. The Morgan fingerprint density at radius 1 is 1.12 bits per heavy atom. The molecule has 2 aromatic carbocycles. The number of rotatable bonds is 5. The quantitative estimate of drug-likeness (QED) is 0.148. The van der Waals surface area contributed by atoms with Gasteiger partial charge in [-0.05, 0) is 18.2 Å². The fourth-order valence-electron chi connectivity index (χ4n) is 3.75. The van der Waals surface area contributed by atoms with E-state index in [-0.39, 0.29) is 17.0 Å². The van der Waals surface area contributed by atoms with E-state index < -0.39 is 22.2 Å². The second-order valence-electron chi connectivity index (χ2n) is 7.19. The Labute approximate surface area is 201 Å². The van der Waals surface area contributed by atoms with E-state index in [0.29, 0.717) is 16.9 Å².